The number of nitrogens with two attached hydrogens (primary N) is 1. The fraction of sp³-hybridized carbons (Fsp3) is 0.533. The summed E-state index contributed by atoms with van der Waals surface area (Å²) < 4.78 is 0. The molecule has 0 aliphatic rings. The molecule has 118 valence electrons. The Kier molecular flexibility index (Phi) is 7.39. The van der Waals surface area contributed by atoms with Gasteiger partial charge < -0.3 is 20.7 Å². The molecule has 1 aromatic rings. The summed E-state index contributed by atoms with van der Waals surface area (Å²) in [5.41, 5.74) is 7.71. The van der Waals surface area contributed by atoms with Gasteiger partial charge in [-0.2, -0.15) is 0 Å². The number of oxime groups is 1. The molecule has 0 radical (unpaired) electrons. The highest BCUT2D eigenvalue weighted by molar-refractivity contribution is 7.99. The molecule has 0 amide bonds. The zero-order valence-corrected chi connectivity index (χ0v) is 14.2. The third-order valence-corrected chi connectivity index (χ3v) is 4.12. The molecule has 1 rings (SSSR count). The van der Waals surface area contributed by atoms with Crippen LogP contribution < -0.4 is 10.6 Å². The van der Waals surface area contributed by atoms with E-state index in [-0.39, 0.29) is 5.84 Å². The first kappa shape index (κ1) is 17.7. The summed E-state index contributed by atoms with van der Waals surface area (Å²) in [6.07, 6.45) is 1.06. The molecule has 0 aliphatic carbocycles. The summed E-state index contributed by atoms with van der Waals surface area (Å²) in [5, 5.41) is 12.3. The van der Waals surface area contributed by atoms with Crippen molar-refractivity contribution in [1.29, 1.82) is 0 Å². The van der Waals surface area contributed by atoms with Gasteiger partial charge in [0.15, 0.2) is 5.84 Å². The Morgan fingerprint density at radius 3 is 2.57 bits per heavy atom. The van der Waals surface area contributed by atoms with Crippen molar-refractivity contribution >= 4 is 23.3 Å². The number of benzene rings is 1. The van der Waals surface area contributed by atoms with Crippen molar-refractivity contribution in [3.8, 4) is 0 Å². The molecule has 0 aromatic heterocycles. The topological polar surface area (TPSA) is 65.1 Å². The van der Waals surface area contributed by atoms with Crippen molar-refractivity contribution in [2.24, 2.45) is 10.9 Å². The highest BCUT2D eigenvalue weighted by atomic mass is 32.2. The number of rotatable bonds is 8. The minimum Gasteiger partial charge on any atom is -0.409 e. The van der Waals surface area contributed by atoms with Crippen molar-refractivity contribution in [1.82, 2.24) is 4.90 Å². The molecular formula is C15H26N4OS. The monoisotopic (exact) mass is 310 g/mol. The van der Waals surface area contributed by atoms with E-state index in [1.165, 1.54) is 0 Å². The maximum atomic E-state index is 9.06. The van der Waals surface area contributed by atoms with Gasteiger partial charge in [0.05, 0.1) is 5.56 Å². The van der Waals surface area contributed by atoms with Gasteiger partial charge in [0.2, 0.25) is 0 Å². The van der Waals surface area contributed by atoms with Crippen LogP contribution in [0.15, 0.2) is 28.3 Å². The Morgan fingerprint density at radius 1 is 1.29 bits per heavy atom. The van der Waals surface area contributed by atoms with E-state index in [1.807, 2.05) is 25.2 Å². The zero-order valence-electron chi connectivity index (χ0n) is 13.3. The van der Waals surface area contributed by atoms with Gasteiger partial charge >= 0.3 is 0 Å². The fourth-order valence-corrected chi connectivity index (χ4v) is 3.00. The van der Waals surface area contributed by atoms with Crippen molar-refractivity contribution in [2.45, 2.75) is 18.2 Å². The predicted molar refractivity (Wildman–Crippen MR) is 91.8 cm³/mol. The van der Waals surface area contributed by atoms with Gasteiger partial charge in [0.25, 0.3) is 0 Å². The lowest BCUT2D eigenvalue weighted by atomic mass is 10.1. The van der Waals surface area contributed by atoms with Gasteiger partial charge in [-0.3, -0.25) is 0 Å². The van der Waals surface area contributed by atoms with Crippen LogP contribution in [-0.2, 0) is 0 Å². The highest BCUT2D eigenvalue weighted by Crippen LogP contribution is 2.30. The molecule has 0 spiro atoms. The molecule has 0 bridgehead atoms. The molecule has 0 saturated heterocycles. The van der Waals surface area contributed by atoms with Gasteiger partial charge in [-0.05, 0) is 44.9 Å². The zero-order chi connectivity index (χ0) is 15.8. The van der Waals surface area contributed by atoms with Crippen molar-refractivity contribution in [3.05, 3.63) is 23.8 Å². The van der Waals surface area contributed by atoms with Crippen LogP contribution in [0.25, 0.3) is 0 Å². The number of hydrogen-bond acceptors (Lipinski definition) is 5. The molecule has 0 unspecified atom stereocenters. The first-order valence-electron chi connectivity index (χ1n) is 7.10. The fourth-order valence-electron chi connectivity index (χ4n) is 2.17. The normalized spacial score (nSPS) is 12.0. The summed E-state index contributed by atoms with van der Waals surface area (Å²) in [6, 6.07) is 6.05. The van der Waals surface area contributed by atoms with Gasteiger partial charge in [-0.15, -0.1) is 11.8 Å². The number of thioether (sulfide) groups is 1. The molecule has 21 heavy (non-hydrogen) atoms. The lowest BCUT2D eigenvalue weighted by Gasteiger charge is -2.24. The Balaban J connectivity index is 3.01. The second kappa shape index (κ2) is 8.79. The maximum Gasteiger partial charge on any atom is 0.173 e. The van der Waals surface area contributed by atoms with E-state index >= 15 is 0 Å². The first-order valence-corrected chi connectivity index (χ1v) is 8.09. The van der Waals surface area contributed by atoms with Crippen LogP contribution in [0.2, 0.25) is 0 Å². The minimum absolute atomic E-state index is 0.168. The summed E-state index contributed by atoms with van der Waals surface area (Å²) in [6.45, 7) is 4.05. The molecule has 3 N–H and O–H groups in total. The van der Waals surface area contributed by atoms with E-state index < -0.39 is 0 Å². The van der Waals surface area contributed by atoms with E-state index in [4.69, 9.17) is 10.9 Å². The summed E-state index contributed by atoms with van der Waals surface area (Å²) in [4.78, 5) is 5.38. The molecule has 6 heteroatoms. The first-order chi connectivity index (χ1) is 10.0. The van der Waals surface area contributed by atoms with Crippen LogP contribution in [0, 0.1) is 0 Å². The Morgan fingerprint density at radius 2 is 2.00 bits per heavy atom. The Hall–Kier alpha value is -1.40. The van der Waals surface area contributed by atoms with Gasteiger partial charge in [0, 0.05) is 24.2 Å². The number of anilines is 1. The second-order valence-corrected chi connectivity index (χ2v) is 6.45. The lowest BCUT2D eigenvalue weighted by Crippen LogP contribution is -2.26. The van der Waals surface area contributed by atoms with Crippen LogP contribution in [-0.4, -0.2) is 55.9 Å². The Labute approximate surface area is 131 Å². The van der Waals surface area contributed by atoms with E-state index in [1.54, 1.807) is 11.8 Å². The Bertz CT molecular complexity index is 477. The maximum absolute atomic E-state index is 9.06. The quantitative estimate of drug-likeness (QED) is 0.253. The number of hydrogen-bond donors (Lipinski definition) is 2. The van der Waals surface area contributed by atoms with E-state index in [9.17, 15) is 0 Å². The molecule has 0 atom stereocenters. The molecule has 0 aliphatic heterocycles. The number of amidine groups is 1. The van der Waals surface area contributed by atoms with E-state index in [2.05, 4.69) is 36.0 Å². The van der Waals surface area contributed by atoms with Crippen LogP contribution in [0.4, 0.5) is 5.69 Å². The minimum atomic E-state index is 0.168. The van der Waals surface area contributed by atoms with Crippen molar-refractivity contribution < 1.29 is 5.21 Å². The van der Waals surface area contributed by atoms with Crippen LogP contribution in [0.5, 0.6) is 0 Å². The molecule has 0 fully saturated rings. The second-order valence-electron chi connectivity index (χ2n) is 5.15. The van der Waals surface area contributed by atoms with Crippen LogP contribution in [0.1, 0.15) is 18.9 Å². The smallest absolute Gasteiger partial charge is 0.173 e. The van der Waals surface area contributed by atoms with Crippen molar-refractivity contribution in [2.75, 3.05) is 44.9 Å². The summed E-state index contributed by atoms with van der Waals surface area (Å²) >= 11 is 1.70. The summed E-state index contributed by atoms with van der Waals surface area (Å²) in [5.74, 6) is 1.11. The molecular weight excluding hydrogens is 284 g/mol. The van der Waals surface area contributed by atoms with Crippen LogP contribution >= 0.6 is 11.8 Å². The number of nitrogens with zero attached hydrogens (tertiary/aromatic N) is 3. The van der Waals surface area contributed by atoms with E-state index in [0.29, 0.717) is 0 Å². The van der Waals surface area contributed by atoms with Crippen LogP contribution in [0.3, 0.4) is 0 Å². The molecule has 0 heterocycles. The van der Waals surface area contributed by atoms with E-state index in [0.717, 1.165) is 41.4 Å². The van der Waals surface area contributed by atoms with Crippen molar-refractivity contribution in [3.63, 3.8) is 0 Å². The third-order valence-electron chi connectivity index (χ3n) is 3.18. The van der Waals surface area contributed by atoms with Gasteiger partial charge in [0.1, 0.15) is 0 Å². The predicted octanol–water partition coefficient (Wildman–Crippen LogP) is 2.28. The molecule has 0 saturated carbocycles. The average Bonchev–Trinajstić information content (AvgIpc) is 2.46. The van der Waals surface area contributed by atoms with Gasteiger partial charge in [-0.25, -0.2) is 0 Å². The molecule has 5 nitrogen and oxygen atoms in total. The standard InChI is InChI=1S/C15H26N4OS/c1-5-21-13-9-6-8-12(14(13)15(16)17-20)19(4)11-7-10-18(2)3/h6,8-9,20H,5,7,10-11H2,1-4H3,(H2,16,17). The lowest BCUT2D eigenvalue weighted by molar-refractivity contribution is 0.318. The largest absolute Gasteiger partial charge is 0.409 e. The third kappa shape index (κ3) is 5.13. The highest BCUT2D eigenvalue weighted by Gasteiger charge is 2.15. The average molecular weight is 310 g/mol. The molecule has 1 aromatic carbocycles. The SMILES string of the molecule is CCSc1cccc(N(C)CCCN(C)C)c1/C(N)=N/O. The summed E-state index contributed by atoms with van der Waals surface area (Å²) in [7, 11) is 6.18. The van der Waals surface area contributed by atoms with Gasteiger partial charge in [-0.1, -0.05) is 18.1 Å².